The van der Waals surface area contributed by atoms with Crippen LogP contribution < -0.4 is 15.4 Å². The number of sulfonamides is 1. The number of para-hydroxylation sites is 1. The number of anilines is 1. The Morgan fingerprint density at radius 3 is 2.70 bits per heavy atom. The molecule has 2 unspecified atom stereocenters. The van der Waals surface area contributed by atoms with Crippen LogP contribution in [-0.4, -0.2) is 39.2 Å². The first-order valence-electron chi connectivity index (χ1n) is 7.54. The molecule has 1 heterocycles. The van der Waals surface area contributed by atoms with Gasteiger partial charge in [-0.05, 0) is 37.9 Å². The van der Waals surface area contributed by atoms with E-state index in [2.05, 4.69) is 22.3 Å². The fourth-order valence-corrected chi connectivity index (χ4v) is 3.10. The van der Waals surface area contributed by atoms with E-state index in [0.29, 0.717) is 17.2 Å². The van der Waals surface area contributed by atoms with Gasteiger partial charge in [-0.3, -0.25) is 9.52 Å². The molecule has 1 aromatic carbocycles. The highest BCUT2D eigenvalue weighted by atomic mass is 35.5. The van der Waals surface area contributed by atoms with Crippen LogP contribution in [0.15, 0.2) is 24.3 Å². The van der Waals surface area contributed by atoms with Gasteiger partial charge in [0.05, 0.1) is 17.0 Å². The van der Waals surface area contributed by atoms with Gasteiger partial charge in [0, 0.05) is 12.6 Å². The maximum atomic E-state index is 12.5. The summed E-state index contributed by atoms with van der Waals surface area (Å²) in [7, 11) is -3.41. The Kier molecular flexibility index (Phi) is 7.31. The standard InChI is InChI=1S/C15H23N3O3S.ClH/c1-3-22(20,21)18-13-7-5-4-6-12(13)15(19)17-14-10-16-9-8-11(14)2;/h4-7,11,14,16,18H,3,8-10H2,1-2H3,(H,17,19);1H. The van der Waals surface area contributed by atoms with Crippen molar-refractivity contribution < 1.29 is 13.2 Å². The smallest absolute Gasteiger partial charge is 0.253 e. The Balaban J connectivity index is 0.00000264. The zero-order valence-electron chi connectivity index (χ0n) is 13.3. The number of nitrogens with one attached hydrogen (secondary N) is 3. The summed E-state index contributed by atoms with van der Waals surface area (Å²) in [4.78, 5) is 12.5. The van der Waals surface area contributed by atoms with Gasteiger partial charge < -0.3 is 10.6 Å². The Morgan fingerprint density at radius 1 is 1.35 bits per heavy atom. The van der Waals surface area contributed by atoms with Crippen molar-refractivity contribution in [2.24, 2.45) is 5.92 Å². The summed E-state index contributed by atoms with van der Waals surface area (Å²) >= 11 is 0. The van der Waals surface area contributed by atoms with Gasteiger partial charge in [-0.2, -0.15) is 0 Å². The first kappa shape index (κ1) is 19.7. The molecule has 1 aliphatic rings. The van der Waals surface area contributed by atoms with E-state index < -0.39 is 10.0 Å². The van der Waals surface area contributed by atoms with Crippen molar-refractivity contribution >= 4 is 34.0 Å². The van der Waals surface area contributed by atoms with Crippen LogP contribution in [0.5, 0.6) is 0 Å². The van der Waals surface area contributed by atoms with Crippen molar-refractivity contribution in [3.05, 3.63) is 29.8 Å². The van der Waals surface area contributed by atoms with Crippen molar-refractivity contribution in [3.63, 3.8) is 0 Å². The number of rotatable bonds is 5. The molecule has 6 nitrogen and oxygen atoms in total. The molecule has 0 saturated carbocycles. The van der Waals surface area contributed by atoms with E-state index >= 15 is 0 Å². The molecule has 1 saturated heterocycles. The van der Waals surface area contributed by atoms with Gasteiger partial charge in [-0.15, -0.1) is 12.4 Å². The lowest BCUT2D eigenvalue weighted by molar-refractivity contribution is 0.0916. The molecule has 23 heavy (non-hydrogen) atoms. The molecule has 0 spiro atoms. The number of hydrogen-bond donors (Lipinski definition) is 3. The monoisotopic (exact) mass is 361 g/mol. The van der Waals surface area contributed by atoms with Gasteiger partial charge in [0.15, 0.2) is 0 Å². The summed E-state index contributed by atoms with van der Waals surface area (Å²) in [5.74, 6) is 0.103. The summed E-state index contributed by atoms with van der Waals surface area (Å²) in [6, 6.07) is 6.71. The molecule has 0 bridgehead atoms. The first-order valence-corrected chi connectivity index (χ1v) is 9.19. The van der Waals surface area contributed by atoms with E-state index in [1.807, 2.05) is 0 Å². The van der Waals surface area contributed by atoms with E-state index in [-0.39, 0.29) is 30.1 Å². The number of piperidine rings is 1. The van der Waals surface area contributed by atoms with Crippen molar-refractivity contribution in [3.8, 4) is 0 Å². The highest BCUT2D eigenvalue weighted by molar-refractivity contribution is 7.92. The number of carbonyl (C=O) groups excluding carboxylic acids is 1. The van der Waals surface area contributed by atoms with Crippen molar-refractivity contribution in [2.75, 3.05) is 23.6 Å². The highest BCUT2D eigenvalue weighted by Crippen LogP contribution is 2.18. The molecule has 0 radical (unpaired) electrons. The largest absolute Gasteiger partial charge is 0.348 e. The lowest BCUT2D eigenvalue weighted by Crippen LogP contribution is -2.50. The number of carbonyl (C=O) groups is 1. The van der Waals surface area contributed by atoms with Crippen molar-refractivity contribution in [2.45, 2.75) is 26.3 Å². The van der Waals surface area contributed by atoms with Crippen LogP contribution in [0.4, 0.5) is 5.69 Å². The van der Waals surface area contributed by atoms with Crippen LogP contribution >= 0.6 is 12.4 Å². The quantitative estimate of drug-likeness (QED) is 0.743. The maximum absolute atomic E-state index is 12.5. The number of amides is 1. The lowest BCUT2D eigenvalue weighted by atomic mass is 9.94. The van der Waals surface area contributed by atoms with Crippen molar-refractivity contribution in [1.29, 1.82) is 0 Å². The number of benzene rings is 1. The molecule has 1 amide bonds. The van der Waals surface area contributed by atoms with Crippen LogP contribution in [-0.2, 0) is 10.0 Å². The van der Waals surface area contributed by atoms with Gasteiger partial charge in [0.2, 0.25) is 10.0 Å². The molecular formula is C15H24ClN3O3S. The topological polar surface area (TPSA) is 87.3 Å². The summed E-state index contributed by atoms with van der Waals surface area (Å²) in [6.07, 6.45) is 1.01. The van der Waals surface area contributed by atoms with Crippen LogP contribution in [0.3, 0.4) is 0 Å². The molecule has 1 aromatic rings. The summed E-state index contributed by atoms with van der Waals surface area (Å²) in [5, 5.41) is 6.25. The van der Waals surface area contributed by atoms with E-state index in [1.165, 1.54) is 0 Å². The first-order chi connectivity index (χ1) is 10.4. The fourth-order valence-electron chi connectivity index (χ4n) is 2.44. The minimum Gasteiger partial charge on any atom is -0.348 e. The molecule has 0 aliphatic carbocycles. The SMILES string of the molecule is CCS(=O)(=O)Nc1ccccc1C(=O)NC1CNCCC1C.Cl. The zero-order chi connectivity index (χ0) is 16.2. The third-order valence-corrected chi connectivity index (χ3v) is 5.25. The minimum atomic E-state index is -3.41. The molecule has 2 rings (SSSR count). The normalized spacial score (nSPS) is 21.1. The maximum Gasteiger partial charge on any atom is 0.253 e. The fraction of sp³-hybridized carbons (Fsp3) is 0.533. The second kappa shape index (κ2) is 8.52. The third-order valence-electron chi connectivity index (χ3n) is 3.96. The molecular weight excluding hydrogens is 338 g/mol. The Hall–Kier alpha value is -1.31. The third kappa shape index (κ3) is 5.37. The molecule has 3 N–H and O–H groups in total. The second-order valence-electron chi connectivity index (χ2n) is 5.60. The number of hydrogen-bond acceptors (Lipinski definition) is 4. The Labute approximate surface area is 143 Å². The van der Waals surface area contributed by atoms with E-state index in [4.69, 9.17) is 0 Å². The molecule has 1 fully saturated rings. The molecule has 0 aromatic heterocycles. The lowest BCUT2D eigenvalue weighted by Gasteiger charge is -2.30. The van der Waals surface area contributed by atoms with E-state index in [0.717, 1.165) is 19.5 Å². The molecule has 2 atom stereocenters. The van der Waals surface area contributed by atoms with Crippen LogP contribution in [0.2, 0.25) is 0 Å². The minimum absolute atomic E-state index is 0. The van der Waals surface area contributed by atoms with Gasteiger partial charge >= 0.3 is 0 Å². The summed E-state index contributed by atoms with van der Waals surface area (Å²) in [5.41, 5.74) is 0.663. The average molecular weight is 362 g/mol. The predicted octanol–water partition coefficient (Wildman–Crippen LogP) is 1.60. The number of halogens is 1. The van der Waals surface area contributed by atoms with Gasteiger partial charge in [0.1, 0.15) is 0 Å². The van der Waals surface area contributed by atoms with Crippen LogP contribution in [0.1, 0.15) is 30.6 Å². The van der Waals surface area contributed by atoms with Crippen LogP contribution in [0.25, 0.3) is 0 Å². The predicted molar refractivity (Wildman–Crippen MR) is 94.7 cm³/mol. The van der Waals surface area contributed by atoms with Gasteiger partial charge in [-0.1, -0.05) is 19.1 Å². The van der Waals surface area contributed by atoms with Crippen LogP contribution in [0, 0.1) is 5.92 Å². The van der Waals surface area contributed by atoms with E-state index in [9.17, 15) is 13.2 Å². The van der Waals surface area contributed by atoms with E-state index in [1.54, 1.807) is 31.2 Å². The Bertz CT molecular complexity index is 637. The molecule has 130 valence electrons. The van der Waals surface area contributed by atoms with Gasteiger partial charge in [-0.25, -0.2) is 8.42 Å². The van der Waals surface area contributed by atoms with Gasteiger partial charge in [0.25, 0.3) is 5.91 Å². The molecule has 8 heteroatoms. The second-order valence-corrected chi connectivity index (χ2v) is 7.61. The van der Waals surface area contributed by atoms with Crippen molar-refractivity contribution in [1.82, 2.24) is 10.6 Å². The highest BCUT2D eigenvalue weighted by Gasteiger charge is 2.24. The summed E-state index contributed by atoms with van der Waals surface area (Å²) in [6.45, 7) is 5.36. The summed E-state index contributed by atoms with van der Waals surface area (Å²) < 4.78 is 25.9. The Morgan fingerprint density at radius 2 is 2.04 bits per heavy atom. The average Bonchev–Trinajstić information content (AvgIpc) is 2.50. The molecule has 1 aliphatic heterocycles. The zero-order valence-corrected chi connectivity index (χ0v) is 15.0.